The van der Waals surface area contributed by atoms with Crippen LogP contribution >= 0.6 is 0 Å². The number of rotatable bonds is 5. The minimum atomic E-state index is -0.0699. The van der Waals surface area contributed by atoms with Gasteiger partial charge in [0.25, 0.3) is 5.91 Å². The summed E-state index contributed by atoms with van der Waals surface area (Å²) in [4.78, 5) is 23.6. The summed E-state index contributed by atoms with van der Waals surface area (Å²) in [5.74, 6) is -0.0120. The van der Waals surface area contributed by atoms with Crippen LogP contribution in [0.25, 0.3) is 0 Å². The van der Waals surface area contributed by atoms with Gasteiger partial charge in [-0.05, 0) is 44.0 Å². The lowest BCUT2D eigenvalue weighted by Crippen LogP contribution is -2.46. The molecule has 5 heteroatoms. The summed E-state index contributed by atoms with van der Waals surface area (Å²) < 4.78 is 0. The summed E-state index contributed by atoms with van der Waals surface area (Å²) in [5.41, 5.74) is 1.63. The Morgan fingerprint density at radius 1 is 1.19 bits per heavy atom. The second-order valence-corrected chi connectivity index (χ2v) is 5.28. The number of nitrogens with one attached hydrogen (secondary N) is 3. The summed E-state index contributed by atoms with van der Waals surface area (Å²) in [5, 5.41) is 8.93. The lowest BCUT2D eigenvalue weighted by atomic mass is 10.0. The van der Waals surface area contributed by atoms with Gasteiger partial charge in [0.15, 0.2) is 0 Å². The van der Waals surface area contributed by atoms with Gasteiger partial charge in [0, 0.05) is 18.7 Å². The normalized spacial score (nSPS) is 18.0. The summed E-state index contributed by atoms with van der Waals surface area (Å²) in [6.07, 6.45) is 3.15. The maximum atomic E-state index is 12.0. The van der Waals surface area contributed by atoms with Crippen molar-refractivity contribution in [3.05, 3.63) is 35.4 Å². The van der Waals surface area contributed by atoms with E-state index in [1.807, 2.05) is 19.1 Å². The molecule has 2 rings (SSSR count). The summed E-state index contributed by atoms with van der Waals surface area (Å²) in [6, 6.07) is 7.25. The minimum absolute atomic E-state index is 0.0579. The van der Waals surface area contributed by atoms with E-state index in [0.717, 1.165) is 31.4 Å². The van der Waals surface area contributed by atoms with Crippen molar-refractivity contribution in [1.82, 2.24) is 16.0 Å². The lowest BCUT2D eigenvalue weighted by molar-refractivity contribution is -0.123. The van der Waals surface area contributed by atoms with E-state index < -0.39 is 0 Å². The van der Waals surface area contributed by atoms with E-state index in [2.05, 4.69) is 16.0 Å². The molecule has 1 aliphatic heterocycles. The van der Waals surface area contributed by atoms with Crippen LogP contribution in [0.5, 0.6) is 0 Å². The molecule has 0 saturated carbocycles. The van der Waals surface area contributed by atoms with E-state index in [1.54, 1.807) is 12.1 Å². The monoisotopic (exact) mass is 289 g/mol. The third kappa shape index (κ3) is 4.56. The number of hydrogen-bond donors (Lipinski definition) is 3. The number of carbonyl (C=O) groups excluding carboxylic acids is 2. The van der Waals surface area contributed by atoms with Crippen LogP contribution in [0, 0.1) is 0 Å². The number of piperidine rings is 1. The average Bonchev–Trinajstić information content (AvgIpc) is 2.54. The topological polar surface area (TPSA) is 70.2 Å². The van der Waals surface area contributed by atoms with Gasteiger partial charge in [-0.1, -0.05) is 18.6 Å². The summed E-state index contributed by atoms with van der Waals surface area (Å²) >= 11 is 0. The van der Waals surface area contributed by atoms with Crippen molar-refractivity contribution in [1.29, 1.82) is 0 Å². The van der Waals surface area contributed by atoms with Gasteiger partial charge in [0.1, 0.15) is 0 Å². The minimum Gasteiger partial charge on any atom is -0.352 e. The van der Waals surface area contributed by atoms with E-state index in [1.165, 1.54) is 0 Å². The molecule has 3 N–H and O–H groups in total. The Bertz CT molecular complexity index is 479. The number of carbonyl (C=O) groups is 2. The van der Waals surface area contributed by atoms with Gasteiger partial charge in [0.2, 0.25) is 5.91 Å². The van der Waals surface area contributed by atoms with E-state index in [4.69, 9.17) is 0 Å². The average molecular weight is 289 g/mol. The number of benzene rings is 1. The van der Waals surface area contributed by atoms with Crippen molar-refractivity contribution in [2.45, 2.75) is 38.8 Å². The predicted octanol–water partition coefficient (Wildman–Crippen LogP) is 1.19. The molecule has 21 heavy (non-hydrogen) atoms. The standard InChI is InChI=1S/C16H23N3O2/c1-2-17-15(20)13-8-6-12(7-9-13)11-19-16(21)14-5-3-4-10-18-14/h6-9,14,18H,2-5,10-11H2,1H3,(H,17,20)(H,19,21). The molecule has 0 bridgehead atoms. The summed E-state index contributed by atoms with van der Waals surface area (Å²) in [6.45, 7) is 3.91. The first-order valence-corrected chi connectivity index (χ1v) is 7.59. The molecule has 0 spiro atoms. The third-order valence-electron chi connectivity index (χ3n) is 3.65. The van der Waals surface area contributed by atoms with Crippen LogP contribution in [-0.4, -0.2) is 30.9 Å². The second kappa shape index (κ2) is 7.78. The van der Waals surface area contributed by atoms with E-state index in [-0.39, 0.29) is 17.9 Å². The molecular formula is C16H23N3O2. The Kier molecular flexibility index (Phi) is 5.75. The van der Waals surface area contributed by atoms with Gasteiger partial charge >= 0.3 is 0 Å². The zero-order valence-electron chi connectivity index (χ0n) is 12.4. The molecule has 114 valence electrons. The maximum absolute atomic E-state index is 12.0. The van der Waals surface area contributed by atoms with Crippen LogP contribution in [-0.2, 0) is 11.3 Å². The van der Waals surface area contributed by atoms with Crippen molar-refractivity contribution < 1.29 is 9.59 Å². The van der Waals surface area contributed by atoms with Crippen LogP contribution in [0.2, 0.25) is 0 Å². The second-order valence-electron chi connectivity index (χ2n) is 5.28. The smallest absolute Gasteiger partial charge is 0.251 e. The van der Waals surface area contributed by atoms with Crippen molar-refractivity contribution in [3.8, 4) is 0 Å². The molecule has 1 aromatic rings. The summed E-state index contributed by atoms with van der Waals surface area (Å²) in [7, 11) is 0. The molecular weight excluding hydrogens is 266 g/mol. The van der Waals surface area contributed by atoms with Crippen LogP contribution in [0.1, 0.15) is 42.1 Å². The first kappa shape index (κ1) is 15.5. The zero-order valence-corrected chi connectivity index (χ0v) is 12.4. The molecule has 1 saturated heterocycles. The number of hydrogen-bond acceptors (Lipinski definition) is 3. The van der Waals surface area contributed by atoms with Gasteiger partial charge in [-0.2, -0.15) is 0 Å². The van der Waals surface area contributed by atoms with Gasteiger partial charge in [-0.15, -0.1) is 0 Å². The van der Waals surface area contributed by atoms with E-state index in [0.29, 0.717) is 18.7 Å². The molecule has 1 atom stereocenters. The molecule has 1 aliphatic rings. The van der Waals surface area contributed by atoms with E-state index in [9.17, 15) is 9.59 Å². The third-order valence-corrected chi connectivity index (χ3v) is 3.65. The molecule has 0 aliphatic carbocycles. The van der Waals surface area contributed by atoms with Gasteiger partial charge in [-0.3, -0.25) is 9.59 Å². The van der Waals surface area contributed by atoms with Crippen LogP contribution in [0.4, 0.5) is 0 Å². The Morgan fingerprint density at radius 2 is 1.95 bits per heavy atom. The fraction of sp³-hybridized carbons (Fsp3) is 0.500. The fourth-order valence-corrected chi connectivity index (χ4v) is 2.42. The highest BCUT2D eigenvalue weighted by Gasteiger charge is 2.19. The van der Waals surface area contributed by atoms with E-state index >= 15 is 0 Å². The first-order valence-electron chi connectivity index (χ1n) is 7.59. The molecule has 0 radical (unpaired) electrons. The molecule has 1 unspecified atom stereocenters. The molecule has 1 fully saturated rings. The Morgan fingerprint density at radius 3 is 2.57 bits per heavy atom. The van der Waals surface area contributed by atoms with Gasteiger partial charge < -0.3 is 16.0 Å². The van der Waals surface area contributed by atoms with Gasteiger partial charge in [-0.25, -0.2) is 0 Å². The van der Waals surface area contributed by atoms with Gasteiger partial charge in [0.05, 0.1) is 6.04 Å². The Labute approximate surface area is 125 Å². The molecule has 0 aromatic heterocycles. The highest BCUT2D eigenvalue weighted by molar-refractivity contribution is 5.94. The molecule has 1 aromatic carbocycles. The van der Waals surface area contributed by atoms with Crippen LogP contribution in [0.3, 0.4) is 0 Å². The SMILES string of the molecule is CCNC(=O)c1ccc(CNC(=O)C2CCCCN2)cc1. The molecule has 2 amide bonds. The van der Waals surface area contributed by atoms with Crippen molar-refractivity contribution >= 4 is 11.8 Å². The maximum Gasteiger partial charge on any atom is 0.251 e. The Hall–Kier alpha value is -1.88. The lowest BCUT2D eigenvalue weighted by Gasteiger charge is -2.22. The largest absolute Gasteiger partial charge is 0.352 e. The highest BCUT2D eigenvalue weighted by atomic mass is 16.2. The highest BCUT2D eigenvalue weighted by Crippen LogP contribution is 2.08. The quantitative estimate of drug-likeness (QED) is 0.762. The van der Waals surface area contributed by atoms with Crippen molar-refractivity contribution in [2.24, 2.45) is 0 Å². The Balaban J connectivity index is 1.83. The van der Waals surface area contributed by atoms with Crippen molar-refractivity contribution in [3.63, 3.8) is 0 Å². The molecule has 5 nitrogen and oxygen atoms in total. The molecule has 1 heterocycles. The fourth-order valence-electron chi connectivity index (χ4n) is 2.42. The van der Waals surface area contributed by atoms with Crippen LogP contribution in [0.15, 0.2) is 24.3 Å². The van der Waals surface area contributed by atoms with Crippen molar-refractivity contribution in [2.75, 3.05) is 13.1 Å². The number of amides is 2. The predicted molar refractivity (Wildman–Crippen MR) is 81.9 cm³/mol. The van der Waals surface area contributed by atoms with Crippen LogP contribution < -0.4 is 16.0 Å². The zero-order chi connectivity index (χ0) is 15.1. The first-order chi connectivity index (χ1) is 10.2.